The van der Waals surface area contributed by atoms with Gasteiger partial charge < -0.3 is 14.8 Å². The number of rotatable bonds is 6. The Bertz CT molecular complexity index is 1390. The maximum Gasteiger partial charge on any atom is 0.337 e. The molecule has 0 spiro atoms. The lowest BCUT2D eigenvalue weighted by Crippen LogP contribution is -2.36. The molecule has 6 heteroatoms. The average molecular weight is 498 g/mol. The van der Waals surface area contributed by atoms with E-state index in [1.807, 2.05) is 54.6 Å². The fraction of sp³-hybridized carbons (Fsp3) is 0.226. The molecule has 0 aromatic heterocycles. The average Bonchev–Trinajstić information content (AvgIpc) is 2.91. The molecule has 0 fully saturated rings. The maximum absolute atomic E-state index is 14.3. The van der Waals surface area contributed by atoms with Crippen LogP contribution in [0.3, 0.4) is 0 Å². The second-order valence-corrected chi connectivity index (χ2v) is 9.41. The molecule has 188 valence electrons. The third-order valence-electron chi connectivity index (χ3n) is 7.03. The Balaban J connectivity index is 1.50. The molecule has 5 nitrogen and oxygen atoms in total. The van der Waals surface area contributed by atoms with Crippen molar-refractivity contribution in [2.24, 2.45) is 0 Å². The molecular formula is C31H28FNO4. The van der Waals surface area contributed by atoms with Crippen LogP contribution in [0.25, 0.3) is 0 Å². The number of nitrogens with one attached hydrogen (secondary N) is 1. The Labute approximate surface area is 215 Å². The Morgan fingerprint density at radius 3 is 2.43 bits per heavy atom. The van der Waals surface area contributed by atoms with Gasteiger partial charge in [-0.2, -0.15) is 0 Å². The fourth-order valence-corrected chi connectivity index (χ4v) is 5.24. The van der Waals surface area contributed by atoms with Crippen LogP contribution < -0.4 is 10.1 Å². The lowest BCUT2D eigenvalue weighted by Gasteiger charge is -2.36. The highest BCUT2D eigenvalue weighted by Crippen LogP contribution is 2.46. The predicted molar refractivity (Wildman–Crippen MR) is 138 cm³/mol. The van der Waals surface area contributed by atoms with E-state index in [0.717, 1.165) is 22.6 Å². The number of esters is 1. The zero-order chi connectivity index (χ0) is 25.9. The van der Waals surface area contributed by atoms with Crippen LogP contribution in [0, 0.1) is 5.82 Å². The largest absolute Gasteiger partial charge is 0.497 e. The number of dihydropyridines is 1. The van der Waals surface area contributed by atoms with E-state index in [-0.39, 0.29) is 18.3 Å². The number of hydrogen-bond donors (Lipinski definition) is 1. The van der Waals surface area contributed by atoms with Gasteiger partial charge in [0.2, 0.25) is 0 Å². The minimum absolute atomic E-state index is 0.0165. The summed E-state index contributed by atoms with van der Waals surface area (Å²) < 4.78 is 25.3. The summed E-state index contributed by atoms with van der Waals surface area (Å²) in [6.07, 6.45) is 0.896. The molecule has 3 aromatic carbocycles. The number of allylic oxidation sites excluding steroid dienone is 3. The van der Waals surface area contributed by atoms with Gasteiger partial charge in [-0.15, -0.1) is 0 Å². The van der Waals surface area contributed by atoms with Gasteiger partial charge in [0.15, 0.2) is 5.78 Å². The number of benzene rings is 3. The number of ketones is 1. The van der Waals surface area contributed by atoms with Crippen molar-refractivity contribution in [2.45, 2.75) is 38.2 Å². The third kappa shape index (κ3) is 5.05. The molecule has 0 amide bonds. The molecule has 3 aromatic rings. The number of carbonyl (C=O) groups excluding carboxylic acids is 2. The molecule has 5 rings (SSSR count). The van der Waals surface area contributed by atoms with E-state index in [1.54, 1.807) is 26.2 Å². The monoisotopic (exact) mass is 497 g/mol. The summed E-state index contributed by atoms with van der Waals surface area (Å²) in [5.74, 6) is -0.987. The van der Waals surface area contributed by atoms with Crippen molar-refractivity contribution < 1.29 is 23.5 Å². The maximum atomic E-state index is 14.3. The Kier molecular flexibility index (Phi) is 6.91. The van der Waals surface area contributed by atoms with Crippen molar-refractivity contribution in [3.8, 4) is 5.75 Å². The first-order chi connectivity index (χ1) is 17.9. The van der Waals surface area contributed by atoms with E-state index in [2.05, 4.69) is 5.32 Å². The molecule has 2 atom stereocenters. The first-order valence-electron chi connectivity index (χ1n) is 12.3. The van der Waals surface area contributed by atoms with Gasteiger partial charge in [-0.3, -0.25) is 4.79 Å². The summed E-state index contributed by atoms with van der Waals surface area (Å²) in [7, 11) is 1.62. The molecule has 1 aliphatic heterocycles. The smallest absolute Gasteiger partial charge is 0.337 e. The zero-order valence-corrected chi connectivity index (χ0v) is 20.8. The highest BCUT2D eigenvalue weighted by atomic mass is 19.1. The second kappa shape index (κ2) is 10.4. The van der Waals surface area contributed by atoms with Crippen LogP contribution >= 0.6 is 0 Å². The van der Waals surface area contributed by atoms with Crippen molar-refractivity contribution >= 4 is 11.8 Å². The molecular weight excluding hydrogens is 469 g/mol. The molecule has 0 unspecified atom stereocenters. The third-order valence-corrected chi connectivity index (χ3v) is 7.03. The minimum atomic E-state index is -0.709. The number of carbonyl (C=O) groups is 2. The van der Waals surface area contributed by atoms with E-state index in [9.17, 15) is 14.0 Å². The van der Waals surface area contributed by atoms with Crippen molar-refractivity contribution in [3.05, 3.63) is 124 Å². The number of Topliss-reactive ketones (excluding diaryl/α,β-unsaturated/α-hetero) is 1. The topological polar surface area (TPSA) is 64.6 Å². The SMILES string of the molecule is COc1ccc([C@@H]2CC(=O)C3=C(C2)NC(C)=C(C(=O)OCc2ccccc2)[C@@H]3c2cccc(F)c2)cc1. The van der Waals surface area contributed by atoms with Gasteiger partial charge in [-0.25, -0.2) is 9.18 Å². The van der Waals surface area contributed by atoms with E-state index >= 15 is 0 Å². The summed E-state index contributed by atoms with van der Waals surface area (Å²) >= 11 is 0. The molecule has 0 radical (unpaired) electrons. The van der Waals surface area contributed by atoms with Crippen LogP contribution in [0.2, 0.25) is 0 Å². The molecule has 37 heavy (non-hydrogen) atoms. The van der Waals surface area contributed by atoms with Crippen molar-refractivity contribution in [3.63, 3.8) is 0 Å². The number of halogens is 1. The van der Waals surface area contributed by atoms with E-state index < -0.39 is 17.7 Å². The Morgan fingerprint density at radius 2 is 1.73 bits per heavy atom. The van der Waals surface area contributed by atoms with Gasteiger partial charge in [-0.05, 0) is 60.2 Å². The van der Waals surface area contributed by atoms with Crippen LogP contribution in [0.1, 0.15) is 48.3 Å². The number of hydrogen-bond acceptors (Lipinski definition) is 5. The number of ether oxygens (including phenoxy) is 2. The van der Waals surface area contributed by atoms with Crippen LogP contribution in [0.4, 0.5) is 4.39 Å². The zero-order valence-electron chi connectivity index (χ0n) is 20.8. The van der Waals surface area contributed by atoms with Crippen LogP contribution in [0.5, 0.6) is 5.75 Å². The Hall–Kier alpha value is -4.19. The quantitative estimate of drug-likeness (QED) is 0.427. The van der Waals surface area contributed by atoms with Gasteiger partial charge >= 0.3 is 5.97 Å². The standard InChI is InChI=1S/C31H28FNO4/c1-19-28(31(35)37-18-20-7-4-3-5-8-20)29(22-9-6-10-24(32)15-22)30-26(33-19)16-23(17-27(30)34)21-11-13-25(36-2)14-12-21/h3-15,23,29,33H,16-18H2,1-2H3/t23-,29-/m0/s1. The number of methoxy groups -OCH3 is 1. The van der Waals surface area contributed by atoms with E-state index in [1.165, 1.54) is 12.1 Å². The normalized spacial score (nSPS) is 19.3. The second-order valence-electron chi connectivity index (χ2n) is 9.41. The molecule has 0 saturated carbocycles. The van der Waals surface area contributed by atoms with Gasteiger partial charge in [-0.1, -0.05) is 54.6 Å². The summed E-state index contributed by atoms with van der Waals surface area (Å²) in [6.45, 7) is 1.91. The van der Waals surface area contributed by atoms with Crippen molar-refractivity contribution in [2.75, 3.05) is 7.11 Å². The van der Waals surface area contributed by atoms with E-state index in [0.29, 0.717) is 35.2 Å². The molecule has 0 bridgehead atoms. The Morgan fingerprint density at radius 1 is 0.973 bits per heavy atom. The predicted octanol–water partition coefficient (Wildman–Crippen LogP) is 5.94. The van der Waals surface area contributed by atoms with Crippen LogP contribution in [0.15, 0.2) is 101 Å². The summed E-state index contributed by atoms with van der Waals surface area (Å²) in [6, 6.07) is 23.2. The summed E-state index contributed by atoms with van der Waals surface area (Å²) in [5.41, 5.74) is 4.66. The lowest BCUT2D eigenvalue weighted by molar-refractivity contribution is -0.140. The molecule has 1 heterocycles. The highest BCUT2D eigenvalue weighted by molar-refractivity contribution is 6.04. The van der Waals surface area contributed by atoms with Gasteiger partial charge in [0.25, 0.3) is 0 Å². The fourth-order valence-electron chi connectivity index (χ4n) is 5.24. The van der Waals surface area contributed by atoms with Crippen molar-refractivity contribution in [1.29, 1.82) is 0 Å². The minimum Gasteiger partial charge on any atom is -0.497 e. The molecule has 1 aliphatic carbocycles. The van der Waals surface area contributed by atoms with Gasteiger partial charge in [0.1, 0.15) is 18.2 Å². The van der Waals surface area contributed by atoms with E-state index in [4.69, 9.17) is 9.47 Å². The molecule has 2 aliphatic rings. The summed E-state index contributed by atoms with van der Waals surface area (Å²) in [4.78, 5) is 27.1. The molecule has 0 saturated heterocycles. The van der Waals surface area contributed by atoms with Crippen LogP contribution in [-0.2, 0) is 20.9 Å². The first-order valence-corrected chi connectivity index (χ1v) is 12.3. The van der Waals surface area contributed by atoms with Crippen LogP contribution in [-0.4, -0.2) is 18.9 Å². The summed E-state index contributed by atoms with van der Waals surface area (Å²) in [5, 5.41) is 3.33. The lowest BCUT2D eigenvalue weighted by atomic mass is 9.71. The molecule has 1 N–H and O–H groups in total. The highest BCUT2D eigenvalue weighted by Gasteiger charge is 2.41. The van der Waals surface area contributed by atoms with Gasteiger partial charge in [0.05, 0.1) is 12.7 Å². The van der Waals surface area contributed by atoms with Crippen molar-refractivity contribution in [1.82, 2.24) is 5.32 Å². The van der Waals surface area contributed by atoms with Gasteiger partial charge in [0, 0.05) is 29.3 Å². The first kappa shape index (κ1) is 24.5.